The van der Waals surface area contributed by atoms with Crippen molar-refractivity contribution in [3.05, 3.63) is 17.5 Å². The minimum Gasteiger partial charge on any atom is -0.394 e. The Kier molecular flexibility index (Phi) is 3.59. The summed E-state index contributed by atoms with van der Waals surface area (Å²) in [7, 11) is 0. The molecule has 0 amide bonds. The third-order valence-electron chi connectivity index (χ3n) is 3.25. The summed E-state index contributed by atoms with van der Waals surface area (Å²) in [5, 5.41) is 29.2. The molecule has 2 aromatic heterocycles. The summed E-state index contributed by atoms with van der Waals surface area (Å²) in [4.78, 5) is 13.2. The molecule has 2 aromatic rings. The highest BCUT2D eigenvalue weighted by atomic mass is 35.5. The van der Waals surface area contributed by atoms with Gasteiger partial charge < -0.3 is 30.6 Å². The lowest BCUT2D eigenvalue weighted by Gasteiger charge is -2.16. The Labute approximate surface area is 123 Å². The topological polar surface area (TPSA) is 136 Å². The number of aromatic nitrogens is 3. The van der Waals surface area contributed by atoms with Crippen LogP contribution >= 0.6 is 11.6 Å². The number of hydrogen-bond acceptors (Lipinski definition) is 8. The first-order valence-electron chi connectivity index (χ1n) is 6.09. The van der Waals surface area contributed by atoms with Crippen LogP contribution in [-0.4, -0.2) is 61.2 Å². The summed E-state index contributed by atoms with van der Waals surface area (Å²) in [6, 6.07) is 0. The maximum absolute atomic E-state index is 9.84. The lowest BCUT2D eigenvalue weighted by Crippen LogP contribution is -2.38. The minimum absolute atomic E-state index is 0.188. The van der Waals surface area contributed by atoms with Gasteiger partial charge in [-0.3, -0.25) is 0 Å². The van der Waals surface area contributed by atoms with Crippen LogP contribution in [0.2, 0.25) is 5.02 Å². The summed E-state index contributed by atoms with van der Waals surface area (Å²) < 4.78 is 6.39. The standard InChI is InChI=1S/C11H13ClN4O5/c12-4-1-16(10-6(4)9(13)14-3-15-10)21-11-8(19)7(18)5(2-17)20-11/h1,3,5,7-8,11,17-19H,2H2,(H2,13,14,15)/t5-,7-,8-,11+/m1/s1. The first kappa shape index (κ1) is 14.3. The molecule has 9 nitrogen and oxygen atoms in total. The van der Waals surface area contributed by atoms with Crippen LogP contribution in [0.25, 0.3) is 11.0 Å². The van der Waals surface area contributed by atoms with E-state index < -0.39 is 31.2 Å². The zero-order valence-electron chi connectivity index (χ0n) is 10.6. The molecule has 0 saturated carbocycles. The molecule has 0 unspecified atom stereocenters. The van der Waals surface area contributed by atoms with E-state index in [0.29, 0.717) is 11.0 Å². The number of rotatable bonds is 3. The molecule has 114 valence electrons. The number of aliphatic hydroxyl groups is 3. The highest BCUT2D eigenvalue weighted by molar-refractivity contribution is 6.36. The Morgan fingerprint density at radius 1 is 1.38 bits per heavy atom. The van der Waals surface area contributed by atoms with Crippen LogP contribution in [0.15, 0.2) is 12.5 Å². The predicted octanol–water partition coefficient (Wildman–Crippen LogP) is -1.47. The van der Waals surface area contributed by atoms with Gasteiger partial charge >= 0.3 is 0 Å². The molecule has 1 saturated heterocycles. The van der Waals surface area contributed by atoms with E-state index in [9.17, 15) is 10.2 Å². The highest BCUT2D eigenvalue weighted by Crippen LogP contribution is 2.28. The van der Waals surface area contributed by atoms with Crippen LogP contribution in [0.5, 0.6) is 0 Å². The van der Waals surface area contributed by atoms with Gasteiger partial charge in [0.05, 0.1) is 23.2 Å². The molecule has 10 heteroatoms. The van der Waals surface area contributed by atoms with Crippen molar-refractivity contribution in [3.63, 3.8) is 0 Å². The molecule has 0 bridgehead atoms. The fourth-order valence-electron chi connectivity index (χ4n) is 2.16. The largest absolute Gasteiger partial charge is 0.394 e. The molecule has 0 aliphatic carbocycles. The van der Waals surface area contributed by atoms with Crippen LogP contribution in [0.1, 0.15) is 0 Å². The van der Waals surface area contributed by atoms with Gasteiger partial charge in [0.1, 0.15) is 30.5 Å². The number of fused-ring (bicyclic) bond motifs is 1. The van der Waals surface area contributed by atoms with E-state index in [-0.39, 0.29) is 10.8 Å². The summed E-state index contributed by atoms with van der Waals surface area (Å²) >= 11 is 6.04. The first-order valence-corrected chi connectivity index (χ1v) is 6.47. The van der Waals surface area contributed by atoms with Crippen LogP contribution in [-0.2, 0) is 4.74 Å². The van der Waals surface area contributed by atoms with Crippen molar-refractivity contribution in [1.29, 1.82) is 0 Å². The van der Waals surface area contributed by atoms with Crippen molar-refractivity contribution in [2.45, 2.75) is 24.6 Å². The normalized spacial score (nSPS) is 29.1. The van der Waals surface area contributed by atoms with E-state index in [1.54, 1.807) is 0 Å². The summed E-state index contributed by atoms with van der Waals surface area (Å²) in [5.41, 5.74) is 6.01. The van der Waals surface area contributed by atoms with E-state index in [1.165, 1.54) is 17.3 Å². The zero-order chi connectivity index (χ0) is 15.1. The second-order valence-electron chi connectivity index (χ2n) is 4.57. The van der Waals surface area contributed by atoms with Gasteiger partial charge in [0.15, 0.2) is 5.65 Å². The average molecular weight is 317 g/mol. The van der Waals surface area contributed by atoms with E-state index in [0.717, 1.165) is 0 Å². The molecule has 21 heavy (non-hydrogen) atoms. The molecule has 1 fully saturated rings. The zero-order valence-corrected chi connectivity index (χ0v) is 11.4. The van der Waals surface area contributed by atoms with Crippen LogP contribution in [0.4, 0.5) is 5.82 Å². The number of hydrogen-bond donors (Lipinski definition) is 4. The molecule has 3 rings (SSSR count). The van der Waals surface area contributed by atoms with Crippen molar-refractivity contribution >= 4 is 28.5 Å². The Morgan fingerprint density at radius 2 is 2.14 bits per heavy atom. The monoisotopic (exact) mass is 316 g/mol. The number of aliphatic hydroxyl groups excluding tert-OH is 3. The van der Waals surface area contributed by atoms with E-state index in [2.05, 4.69) is 9.97 Å². The molecule has 1 aliphatic heterocycles. The fraction of sp³-hybridized carbons (Fsp3) is 0.455. The molecule has 1 aliphatic rings. The number of nitrogen functional groups attached to an aromatic ring is 1. The van der Waals surface area contributed by atoms with Crippen LogP contribution in [0, 0.1) is 0 Å². The van der Waals surface area contributed by atoms with Crippen molar-refractivity contribution in [2.75, 3.05) is 12.3 Å². The van der Waals surface area contributed by atoms with Gasteiger partial charge in [0.2, 0.25) is 0 Å². The van der Waals surface area contributed by atoms with Gasteiger partial charge in [0.25, 0.3) is 6.29 Å². The average Bonchev–Trinajstić information content (AvgIpc) is 2.92. The third kappa shape index (κ3) is 2.28. The Hall–Kier alpha value is -1.65. The lowest BCUT2D eigenvalue weighted by atomic mass is 10.1. The molecule has 0 spiro atoms. The molecule has 5 N–H and O–H groups in total. The second-order valence-corrected chi connectivity index (χ2v) is 4.98. The highest BCUT2D eigenvalue weighted by Gasteiger charge is 2.44. The minimum atomic E-state index is -1.32. The van der Waals surface area contributed by atoms with Crippen LogP contribution < -0.4 is 10.6 Å². The van der Waals surface area contributed by atoms with Gasteiger partial charge in [-0.2, -0.15) is 4.73 Å². The lowest BCUT2D eigenvalue weighted by molar-refractivity contribution is -0.168. The van der Waals surface area contributed by atoms with E-state index in [4.69, 9.17) is 32.0 Å². The molecule has 4 atom stereocenters. The quantitative estimate of drug-likeness (QED) is 0.539. The predicted molar refractivity (Wildman–Crippen MR) is 71.3 cm³/mol. The third-order valence-corrected chi connectivity index (χ3v) is 3.54. The summed E-state index contributed by atoms with van der Waals surface area (Å²) in [5.74, 6) is 0.188. The summed E-state index contributed by atoms with van der Waals surface area (Å²) in [6.45, 7) is -0.444. The Balaban J connectivity index is 1.91. The SMILES string of the molecule is Nc1ncnc2c1c(Cl)cn2O[C@@H]1O[C@H](CO)[C@@H](O)[C@H]1O. The van der Waals surface area contributed by atoms with Gasteiger partial charge in [-0.15, -0.1) is 0 Å². The fourth-order valence-corrected chi connectivity index (χ4v) is 2.43. The van der Waals surface area contributed by atoms with Crippen molar-refractivity contribution in [1.82, 2.24) is 14.7 Å². The number of halogens is 1. The number of anilines is 1. The van der Waals surface area contributed by atoms with Crippen molar-refractivity contribution in [2.24, 2.45) is 0 Å². The van der Waals surface area contributed by atoms with E-state index >= 15 is 0 Å². The molecule has 0 aromatic carbocycles. The molecular weight excluding hydrogens is 304 g/mol. The van der Waals surface area contributed by atoms with Crippen molar-refractivity contribution in [3.8, 4) is 0 Å². The van der Waals surface area contributed by atoms with Crippen molar-refractivity contribution < 1.29 is 24.9 Å². The van der Waals surface area contributed by atoms with E-state index in [1.807, 2.05) is 0 Å². The van der Waals surface area contributed by atoms with Gasteiger partial charge in [-0.1, -0.05) is 11.6 Å². The van der Waals surface area contributed by atoms with Crippen LogP contribution in [0.3, 0.4) is 0 Å². The number of nitrogens with two attached hydrogens (primary N) is 1. The summed E-state index contributed by atoms with van der Waals surface area (Å²) in [6.07, 6.45) is -2.05. The number of nitrogens with zero attached hydrogens (tertiary/aromatic N) is 3. The molecule has 3 heterocycles. The maximum atomic E-state index is 9.84. The van der Waals surface area contributed by atoms with Gasteiger partial charge in [-0.25, -0.2) is 9.97 Å². The molecule has 0 radical (unpaired) electrons. The Morgan fingerprint density at radius 3 is 2.81 bits per heavy atom. The van der Waals surface area contributed by atoms with Gasteiger partial charge in [-0.05, 0) is 0 Å². The Bertz CT molecular complexity index is 665. The van der Waals surface area contributed by atoms with Gasteiger partial charge in [0, 0.05) is 0 Å². The number of ether oxygens (including phenoxy) is 1. The second kappa shape index (κ2) is 5.28. The first-order chi connectivity index (χ1) is 10.0. The smallest absolute Gasteiger partial charge is 0.254 e. The maximum Gasteiger partial charge on any atom is 0.254 e. The molecular formula is C11H13ClN4O5.